The minimum Gasteiger partial charge on any atom is -0.317 e. The van der Waals surface area contributed by atoms with Crippen molar-refractivity contribution in [3.63, 3.8) is 0 Å². The first-order valence-electron chi connectivity index (χ1n) is 13.6. The van der Waals surface area contributed by atoms with Gasteiger partial charge in [0.15, 0.2) is 0 Å². The summed E-state index contributed by atoms with van der Waals surface area (Å²) in [5.74, 6) is 5.40. The van der Waals surface area contributed by atoms with Crippen molar-refractivity contribution < 1.29 is 0 Å². The molecule has 0 saturated carbocycles. The fraction of sp³-hybridized carbons (Fsp3) is 1.00. The van der Waals surface area contributed by atoms with Crippen LogP contribution in [0.5, 0.6) is 0 Å². The second-order valence-electron chi connectivity index (χ2n) is 11.5. The van der Waals surface area contributed by atoms with Gasteiger partial charge in [0, 0.05) is 18.6 Å². The molecule has 0 radical (unpaired) electrons. The SMILES string of the molecule is CC(C)C1CCCN1.CC(C)C1CCNC1.CC(C)C1CCNCC1.CC(C)C1CN1. The molecule has 0 amide bonds. The zero-order valence-corrected chi connectivity index (χ0v) is 22.4. The summed E-state index contributed by atoms with van der Waals surface area (Å²) in [5.41, 5.74) is 0. The lowest BCUT2D eigenvalue weighted by Crippen LogP contribution is -2.29. The van der Waals surface area contributed by atoms with Gasteiger partial charge < -0.3 is 21.3 Å². The van der Waals surface area contributed by atoms with Crippen LogP contribution in [-0.2, 0) is 0 Å². The predicted molar refractivity (Wildman–Crippen MR) is 139 cm³/mol. The lowest BCUT2D eigenvalue weighted by molar-refractivity contribution is 0.292. The van der Waals surface area contributed by atoms with E-state index in [1.165, 1.54) is 71.4 Å². The quantitative estimate of drug-likeness (QED) is 0.471. The van der Waals surface area contributed by atoms with E-state index < -0.39 is 0 Å². The third-order valence-corrected chi connectivity index (χ3v) is 7.52. The number of rotatable bonds is 4. The molecule has 3 atom stereocenters. The highest BCUT2D eigenvalue weighted by atomic mass is 15.1. The first-order chi connectivity index (χ1) is 14.7. The van der Waals surface area contributed by atoms with E-state index in [1.54, 1.807) is 0 Å². The lowest BCUT2D eigenvalue weighted by Gasteiger charge is -2.25. The van der Waals surface area contributed by atoms with E-state index in [0.29, 0.717) is 0 Å². The van der Waals surface area contributed by atoms with Crippen LogP contribution in [0.1, 0.15) is 87.5 Å². The molecule has 4 aliphatic heterocycles. The molecule has 0 aromatic rings. The van der Waals surface area contributed by atoms with Crippen molar-refractivity contribution in [2.75, 3.05) is 39.3 Å². The molecule has 0 aromatic carbocycles. The third kappa shape index (κ3) is 13.9. The maximum atomic E-state index is 3.46. The van der Waals surface area contributed by atoms with Gasteiger partial charge in [-0.25, -0.2) is 0 Å². The summed E-state index contributed by atoms with van der Waals surface area (Å²) in [4.78, 5) is 0. The van der Waals surface area contributed by atoms with Gasteiger partial charge in [-0.15, -0.1) is 0 Å². The zero-order chi connectivity index (χ0) is 23.2. The van der Waals surface area contributed by atoms with Crippen LogP contribution in [0, 0.1) is 35.5 Å². The topological polar surface area (TPSA) is 58.0 Å². The molecule has 4 heterocycles. The van der Waals surface area contributed by atoms with Crippen molar-refractivity contribution in [3.05, 3.63) is 0 Å². The summed E-state index contributed by atoms with van der Waals surface area (Å²) >= 11 is 0. The molecule has 4 saturated heterocycles. The molecule has 4 heteroatoms. The second-order valence-corrected chi connectivity index (χ2v) is 11.5. The van der Waals surface area contributed by atoms with Crippen molar-refractivity contribution in [2.45, 2.75) is 99.6 Å². The minimum absolute atomic E-state index is 0.815. The van der Waals surface area contributed by atoms with E-state index in [2.05, 4.69) is 76.7 Å². The Bertz CT molecular complexity index is 379. The van der Waals surface area contributed by atoms with Crippen LogP contribution in [0.25, 0.3) is 0 Å². The van der Waals surface area contributed by atoms with Crippen LogP contribution in [0.15, 0.2) is 0 Å². The Kier molecular flexibility index (Phi) is 15.3. The van der Waals surface area contributed by atoms with E-state index in [9.17, 15) is 0 Å². The standard InChI is InChI=1S/C8H17N.2C7H15N.C5H11N/c1-7(2)8-3-5-9-6-4-8;1-6(2)7-3-4-8-5-7;1-6(2)7-4-3-5-8-7;1-4(2)5-3-6-5/h7-9H,3-6H2,1-2H3;2*6-8H,3-5H2,1-2H3;4-6H,3H2,1-2H3. The Morgan fingerprint density at radius 1 is 0.484 bits per heavy atom. The van der Waals surface area contributed by atoms with Crippen molar-refractivity contribution in [1.82, 2.24) is 21.3 Å². The summed E-state index contributed by atoms with van der Waals surface area (Å²) in [6, 6.07) is 1.67. The molecule has 4 rings (SSSR count). The van der Waals surface area contributed by atoms with E-state index in [0.717, 1.165) is 47.6 Å². The van der Waals surface area contributed by atoms with Crippen molar-refractivity contribution in [1.29, 1.82) is 0 Å². The average molecular weight is 439 g/mol. The number of hydrogen-bond donors (Lipinski definition) is 4. The molecule has 31 heavy (non-hydrogen) atoms. The van der Waals surface area contributed by atoms with Crippen LogP contribution < -0.4 is 21.3 Å². The molecule has 3 unspecified atom stereocenters. The van der Waals surface area contributed by atoms with E-state index in [4.69, 9.17) is 0 Å². The highest BCUT2D eigenvalue weighted by Crippen LogP contribution is 2.20. The van der Waals surface area contributed by atoms with Crippen molar-refractivity contribution >= 4 is 0 Å². The summed E-state index contributed by atoms with van der Waals surface area (Å²) in [6.45, 7) is 25.8. The first-order valence-corrected chi connectivity index (χ1v) is 13.6. The average Bonchev–Trinajstić information content (AvgIpc) is 3.21. The van der Waals surface area contributed by atoms with Gasteiger partial charge in [0.25, 0.3) is 0 Å². The van der Waals surface area contributed by atoms with Gasteiger partial charge >= 0.3 is 0 Å². The molecule has 0 aromatic heterocycles. The summed E-state index contributed by atoms with van der Waals surface area (Å²) in [7, 11) is 0. The molecule has 4 fully saturated rings. The van der Waals surface area contributed by atoms with Gasteiger partial charge in [-0.2, -0.15) is 0 Å². The molecule has 4 nitrogen and oxygen atoms in total. The van der Waals surface area contributed by atoms with Crippen LogP contribution in [0.2, 0.25) is 0 Å². The van der Waals surface area contributed by atoms with Crippen LogP contribution in [0.3, 0.4) is 0 Å². The summed E-state index contributed by atoms with van der Waals surface area (Å²) in [5, 5.41) is 13.4. The number of nitrogens with one attached hydrogen (secondary N) is 4. The zero-order valence-electron chi connectivity index (χ0n) is 22.4. The van der Waals surface area contributed by atoms with E-state index >= 15 is 0 Å². The number of hydrogen-bond acceptors (Lipinski definition) is 4. The van der Waals surface area contributed by atoms with Gasteiger partial charge in [0.2, 0.25) is 0 Å². The highest BCUT2D eigenvalue weighted by molar-refractivity contribution is 4.85. The Morgan fingerprint density at radius 2 is 1.00 bits per heavy atom. The Morgan fingerprint density at radius 3 is 1.23 bits per heavy atom. The van der Waals surface area contributed by atoms with Crippen molar-refractivity contribution in [3.8, 4) is 0 Å². The Labute approximate surface area is 195 Å². The van der Waals surface area contributed by atoms with E-state index in [-0.39, 0.29) is 0 Å². The van der Waals surface area contributed by atoms with Crippen molar-refractivity contribution in [2.24, 2.45) is 35.5 Å². The third-order valence-electron chi connectivity index (χ3n) is 7.52. The Balaban J connectivity index is 0.000000208. The lowest BCUT2D eigenvalue weighted by atomic mass is 9.87. The van der Waals surface area contributed by atoms with Crippen LogP contribution in [-0.4, -0.2) is 51.4 Å². The monoisotopic (exact) mass is 438 g/mol. The first kappa shape index (κ1) is 28.9. The van der Waals surface area contributed by atoms with Gasteiger partial charge in [-0.05, 0) is 100 Å². The molecule has 0 aliphatic carbocycles. The summed E-state index contributed by atoms with van der Waals surface area (Å²) < 4.78 is 0. The fourth-order valence-corrected chi connectivity index (χ4v) is 4.58. The van der Waals surface area contributed by atoms with Gasteiger partial charge in [0.1, 0.15) is 0 Å². The second kappa shape index (κ2) is 16.5. The summed E-state index contributed by atoms with van der Waals surface area (Å²) in [6.07, 6.45) is 6.92. The van der Waals surface area contributed by atoms with Gasteiger partial charge in [0.05, 0.1) is 0 Å². The molecular weight excluding hydrogens is 380 g/mol. The Hall–Kier alpha value is -0.160. The molecule has 186 valence electrons. The van der Waals surface area contributed by atoms with Crippen LogP contribution in [0.4, 0.5) is 0 Å². The normalized spacial score (nSPS) is 28.1. The predicted octanol–water partition coefficient (Wildman–Crippen LogP) is 4.90. The number of piperidine rings is 1. The van der Waals surface area contributed by atoms with Gasteiger partial charge in [-0.3, -0.25) is 0 Å². The van der Waals surface area contributed by atoms with Crippen LogP contribution >= 0.6 is 0 Å². The minimum atomic E-state index is 0.815. The van der Waals surface area contributed by atoms with Gasteiger partial charge in [-0.1, -0.05) is 55.4 Å². The largest absolute Gasteiger partial charge is 0.317 e. The smallest absolute Gasteiger partial charge is 0.0216 e. The molecule has 0 spiro atoms. The maximum absolute atomic E-state index is 3.46. The molecule has 4 N–H and O–H groups in total. The fourth-order valence-electron chi connectivity index (χ4n) is 4.58. The highest BCUT2D eigenvalue weighted by Gasteiger charge is 2.22. The molecule has 4 aliphatic rings. The molecular formula is C27H58N4. The maximum Gasteiger partial charge on any atom is 0.0216 e. The van der Waals surface area contributed by atoms with E-state index in [1.807, 2.05) is 0 Å². The molecule has 0 bridgehead atoms.